The van der Waals surface area contributed by atoms with Crippen LogP contribution in [0.2, 0.25) is 0 Å². The molecule has 64 valence electrons. The molecule has 0 bridgehead atoms. The van der Waals surface area contributed by atoms with E-state index in [-0.39, 0.29) is 0 Å². The normalized spacial score (nSPS) is 9.58. The molecule has 0 fully saturated rings. The molecule has 1 aromatic heterocycles. The van der Waals surface area contributed by atoms with Gasteiger partial charge in [-0.3, -0.25) is 0 Å². The van der Waals surface area contributed by atoms with Crippen LogP contribution in [-0.2, 0) is 0 Å². The summed E-state index contributed by atoms with van der Waals surface area (Å²) in [6.45, 7) is 1.65. The Hall–Kier alpha value is -0.430. The number of terminal acetylenes is 1. The third-order valence-corrected chi connectivity index (χ3v) is 3.38. The first-order chi connectivity index (χ1) is 5.93. The van der Waals surface area contributed by atoms with Crippen molar-refractivity contribution in [1.82, 2.24) is 5.32 Å². The standard InChI is InChI=1S/C9H11NS2/c1-2-5-10-6-8-12-9-4-3-7-11-9/h1,3-4,7,10H,5-6,8H2. The van der Waals surface area contributed by atoms with Crippen molar-refractivity contribution in [3.63, 3.8) is 0 Å². The molecule has 12 heavy (non-hydrogen) atoms. The Balaban J connectivity index is 2.01. The van der Waals surface area contributed by atoms with Gasteiger partial charge in [-0.1, -0.05) is 12.0 Å². The van der Waals surface area contributed by atoms with E-state index in [2.05, 4.69) is 28.8 Å². The van der Waals surface area contributed by atoms with E-state index in [1.54, 1.807) is 11.3 Å². The Morgan fingerprint density at radius 1 is 1.67 bits per heavy atom. The van der Waals surface area contributed by atoms with E-state index < -0.39 is 0 Å². The lowest BCUT2D eigenvalue weighted by atomic mass is 10.6. The fourth-order valence-corrected chi connectivity index (χ4v) is 2.49. The number of rotatable bonds is 5. The van der Waals surface area contributed by atoms with Crippen LogP contribution >= 0.6 is 23.1 Å². The van der Waals surface area contributed by atoms with Gasteiger partial charge >= 0.3 is 0 Å². The summed E-state index contributed by atoms with van der Waals surface area (Å²) in [5.74, 6) is 3.63. The molecule has 0 saturated carbocycles. The zero-order chi connectivity index (χ0) is 8.65. The molecule has 0 aliphatic carbocycles. The Kier molecular flexibility index (Phi) is 4.93. The van der Waals surface area contributed by atoms with Crippen molar-refractivity contribution in [2.24, 2.45) is 0 Å². The molecule has 0 saturated heterocycles. The summed E-state index contributed by atoms with van der Waals surface area (Å²) in [6, 6.07) is 4.21. The summed E-state index contributed by atoms with van der Waals surface area (Å²) in [7, 11) is 0. The van der Waals surface area contributed by atoms with Crippen LogP contribution in [0.4, 0.5) is 0 Å². The van der Waals surface area contributed by atoms with Crippen LogP contribution in [0.1, 0.15) is 0 Å². The first-order valence-electron chi connectivity index (χ1n) is 3.74. The topological polar surface area (TPSA) is 12.0 Å². The van der Waals surface area contributed by atoms with Gasteiger partial charge in [-0.25, -0.2) is 0 Å². The highest BCUT2D eigenvalue weighted by Crippen LogP contribution is 2.22. The monoisotopic (exact) mass is 197 g/mol. The van der Waals surface area contributed by atoms with Gasteiger partial charge in [0, 0.05) is 12.3 Å². The molecule has 0 atom stereocenters. The third-order valence-electron chi connectivity index (χ3n) is 1.25. The number of hydrogen-bond donors (Lipinski definition) is 1. The van der Waals surface area contributed by atoms with Gasteiger partial charge in [-0.15, -0.1) is 29.5 Å². The van der Waals surface area contributed by atoms with Crippen LogP contribution < -0.4 is 5.32 Å². The molecular weight excluding hydrogens is 186 g/mol. The van der Waals surface area contributed by atoms with E-state index in [0.717, 1.165) is 12.3 Å². The van der Waals surface area contributed by atoms with Gasteiger partial charge in [0.25, 0.3) is 0 Å². The van der Waals surface area contributed by atoms with Crippen molar-refractivity contribution in [1.29, 1.82) is 0 Å². The van der Waals surface area contributed by atoms with E-state index in [0.29, 0.717) is 6.54 Å². The van der Waals surface area contributed by atoms with Crippen molar-refractivity contribution >= 4 is 23.1 Å². The highest BCUT2D eigenvalue weighted by Gasteiger charge is 1.92. The highest BCUT2D eigenvalue weighted by atomic mass is 32.2. The SMILES string of the molecule is C#CCNCCSc1cccs1. The summed E-state index contributed by atoms with van der Waals surface area (Å²) < 4.78 is 1.37. The van der Waals surface area contributed by atoms with Crippen molar-refractivity contribution in [3.05, 3.63) is 17.5 Å². The number of hydrogen-bond acceptors (Lipinski definition) is 3. The lowest BCUT2D eigenvalue weighted by Crippen LogP contribution is -2.16. The minimum atomic E-state index is 0.672. The molecule has 0 amide bonds. The summed E-state index contributed by atoms with van der Waals surface area (Å²) >= 11 is 3.65. The van der Waals surface area contributed by atoms with Crippen LogP contribution in [0.25, 0.3) is 0 Å². The van der Waals surface area contributed by atoms with Gasteiger partial charge in [-0.2, -0.15) is 0 Å². The van der Waals surface area contributed by atoms with Crippen molar-refractivity contribution < 1.29 is 0 Å². The number of thiophene rings is 1. The molecule has 0 aromatic carbocycles. The van der Waals surface area contributed by atoms with E-state index in [9.17, 15) is 0 Å². The van der Waals surface area contributed by atoms with E-state index >= 15 is 0 Å². The smallest absolute Gasteiger partial charge is 0.0598 e. The molecule has 1 aromatic rings. The largest absolute Gasteiger partial charge is 0.305 e. The number of thioether (sulfide) groups is 1. The van der Waals surface area contributed by atoms with Gasteiger partial charge in [0.1, 0.15) is 0 Å². The lowest BCUT2D eigenvalue weighted by Gasteiger charge is -1.98. The fraction of sp³-hybridized carbons (Fsp3) is 0.333. The lowest BCUT2D eigenvalue weighted by molar-refractivity contribution is 0.818. The predicted octanol–water partition coefficient (Wildman–Crippen LogP) is 2.06. The maximum absolute atomic E-state index is 5.09. The Morgan fingerprint density at radius 3 is 3.25 bits per heavy atom. The molecule has 1 N–H and O–H groups in total. The van der Waals surface area contributed by atoms with E-state index in [4.69, 9.17) is 6.42 Å². The van der Waals surface area contributed by atoms with Crippen LogP contribution in [0, 0.1) is 12.3 Å². The molecular formula is C9H11NS2. The zero-order valence-electron chi connectivity index (χ0n) is 6.75. The zero-order valence-corrected chi connectivity index (χ0v) is 8.38. The first-order valence-corrected chi connectivity index (χ1v) is 5.60. The highest BCUT2D eigenvalue weighted by molar-refractivity contribution is 8.01. The van der Waals surface area contributed by atoms with Gasteiger partial charge in [0.05, 0.1) is 10.8 Å². The van der Waals surface area contributed by atoms with Gasteiger partial charge in [0.15, 0.2) is 0 Å². The van der Waals surface area contributed by atoms with Crippen molar-refractivity contribution in [3.8, 4) is 12.3 Å². The Labute approximate surface area is 81.6 Å². The van der Waals surface area contributed by atoms with Gasteiger partial charge in [-0.05, 0) is 11.4 Å². The first kappa shape index (κ1) is 9.66. The van der Waals surface area contributed by atoms with Crippen LogP contribution in [0.3, 0.4) is 0 Å². The van der Waals surface area contributed by atoms with Crippen LogP contribution in [0.15, 0.2) is 21.7 Å². The second-order valence-corrected chi connectivity index (χ2v) is 4.50. The average molecular weight is 197 g/mol. The minimum Gasteiger partial charge on any atom is -0.305 e. The third kappa shape index (κ3) is 3.82. The number of nitrogens with one attached hydrogen (secondary N) is 1. The maximum atomic E-state index is 5.09. The van der Waals surface area contributed by atoms with E-state index in [1.807, 2.05) is 11.8 Å². The predicted molar refractivity (Wildman–Crippen MR) is 56.7 cm³/mol. The molecule has 0 aliphatic rings. The Morgan fingerprint density at radius 2 is 2.58 bits per heavy atom. The van der Waals surface area contributed by atoms with Gasteiger partial charge in [0.2, 0.25) is 0 Å². The summed E-state index contributed by atoms with van der Waals surface area (Å²) in [4.78, 5) is 0. The molecule has 1 nitrogen and oxygen atoms in total. The average Bonchev–Trinajstić information content (AvgIpc) is 2.57. The summed E-state index contributed by atoms with van der Waals surface area (Å²) in [5.41, 5.74) is 0. The second kappa shape index (κ2) is 6.13. The van der Waals surface area contributed by atoms with Crippen LogP contribution in [-0.4, -0.2) is 18.8 Å². The molecule has 3 heteroatoms. The molecule has 1 heterocycles. The Bertz CT molecular complexity index is 236. The maximum Gasteiger partial charge on any atom is 0.0598 e. The van der Waals surface area contributed by atoms with Crippen LogP contribution in [0.5, 0.6) is 0 Å². The molecule has 0 unspecified atom stereocenters. The van der Waals surface area contributed by atoms with E-state index in [1.165, 1.54) is 4.21 Å². The summed E-state index contributed by atoms with van der Waals surface area (Å²) in [5, 5.41) is 5.24. The fourth-order valence-electron chi connectivity index (χ4n) is 0.730. The summed E-state index contributed by atoms with van der Waals surface area (Å²) in [6.07, 6.45) is 5.09. The molecule has 1 rings (SSSR count). The molecule has 0 aliphatic heterocycles. The second-order valence-electron chi connectivity index (χ2n) is 2.16. The molecule has 0 radical (unpaired) electrons. The van der Waals surface area contributed by atoms with Crippen molar-refractivity contribution in [2.45, 2.75) is 4.21 Å². The van der Waals surface area contributed by atoms with Gasteiger partial charge < -0.3 is 5.32 Å². The molecule has 0 spiro atoms. The minimum absolute atomic E-state index is 0.672. The quantitative estimate of drug-likeness (QED) is 0.440. The van der Waals surface area contributed by atoms with Crippen molar-refractivity contribution in [2.75, 3.05) is 18.8 Å².